The van der Waals surface area contributed by atoms with Gasteiger partial charge in [0.2, 0.25) is 0 Å². The van der Waals surface area contributed by atoms with Gasteiger partial charge in [-0.2, -0.15) is 0 Å². The fourth-order valence-corrected chi connectivity index (χ4v) is 3.91. The number of methoxy groups -OCH3 is 1. The van der Waals surface area contributed by atoms with Crippen LogP contribution >= 0.6 is 11.6 Å². The average molecular weight is 445 g/mol. The molecule has 4 rings (SSSR count). The van der Waals surface area contributed by atoms with E-state index in [0.717, 1.165) is 27.6 Å². The third kappa shape index (κ3) is 4.20. The number of aryl methyl sites for hydroxylation is 2. The second-order valence-electron chi connectivity index (χ2n) is 7.54. The lowest BCUT2D eigenvalue weighted by Gasteiger charge is -2.14. The molecule has 1 N–H and O–H groups in total. The van der Waals surface area contributed by atoms with E-state index in [2.05, 4.69) is 5.32 Å². The standard InChI is InChI=1S/C26H21ClN2O3/c1-15-12-16(2)24-20(13-15)21(14-23(29-24)19-6-4-5-7-22(19)27)25(30)28-18-10-8-17(9-11-18)26(31)32-3/h4-14H,1-3H3,(H,28,30). The van der Waals surface area contributed by atoms with Crippen molar-refractivity contribution >= 4 is 40.1 Å². The molecule has 0 atom stereocenters. The van der Waals surface area contributed by atoms with Crippen molar-refractivity contribution in [3.63, 3.8) is 0 Å². The molecule has 1 heterocycles. The molecule has 160 valence electrons. The van der Waals surface area contributed by atoms with Crippen LogP contribution in [0.3, 0.4) is 0 Å². The Morgan fingerprint density at radius 3 is 2.38 bits per heavy atom. The molecule has 0 saturated heterocycles. The lowest BCUT2D eigenvalue weighted by atomic mass is 9.99. The summed E-state index contributed by atoms with van der Waals surface area (Å²) in [4.78, 5) is 29.8. The topological polar surface area (TPSA) is 68.3 Å². The number of pyridine rings is 1. The van der Waals surface area contributed by atoms with Crippen molar-refractivity contribution in [2.45, 2.75) is 13.8 Å². The Bertz CT molecular complexity index is 1350. The van der Waals surface area contributed by atoms with Gasteiger partial charge in [0, 0.05) is 21.7 Å². The molecule has 5 nitrogen and oxygen atoms in total. The minimum absolute atomic E-state index is 0.276. The van der Waals surface area contributed by atoms with E-state index in [1.165, 1.54) is 7.11 Å². The summed E-state index contributed by atoms with van der Waals surface area (Å²) in [5.74, 6) is -0.708. The van der Waals surface area contributed by atoms with Crippen LogP contribution in [0, 0.1) is 13.8 Å². The zero-order valence-electron chi connectivity index (χ0n) is 17.9. The molecule has 4 aromatic rings. The molecule has 1 amide bonds. The van der Waals surface area contributed by atoms with Crippen LogP contribution in [0.25, 0.3) is 22.2 Å². The lowest BCUT2D eigenvalue weighted by molar-refractivity contribution is 0.0600. The predicted octanol–water partition coefficient (Wildman–Crippen LogP) is 6.21. The van der Waals surface area contributed by atoms with Crippen LogP contribution in [0.4, 0.5) is 5.69 Å². The molecule has 0 radical (unpaired) electrons. The van der Waals surface area contributed by atoms with Crippen LogP contribution in [-0.4, -0.2) is 24.0 Å². The number of hydrogen-bond acceptors (Lipinski definition) is 4. The van der Waals surface area contributed by atoms with Crippen LogP contribution in [0.1, 0.15) is 31.8 Å². The summed E-state index contributed by atoms with van der Waals surface area (Å²) in [6.07, 6.45) is 0. The summed E-state index contributed by atoms with van der Waals surface area (Å²) >= 11 is 6.41. The SMILES string of the molecule is COC(=O)c1ccc(NC(=O)c2cc(-c3ccccc3Cl)nc3c(C)cc(C)cc23)cc1. The summed E-state index contributed by atoms with van der Waals surface area (Å²) in [7, 11) is 1.33. The van der Waals surface area contributed by atoms with Gasteiger partial charge in [0.25, 0.3) is 5.91 Å². The maximum Gasteiger partial charge on any atom is 0.337 e. The number of rotatable bonds is 4. The third-order valence-electron chi connectivity index (χ3n) is 5.21. The molecule has 0 unspecified atom stereocenters. The number of nitrogens with one attached hydrogen (secondary N) is 1. The predicted molar refractivity (Wildman–Crippen MR) is 127 cm³/mol. The fraction of sp³-hybridized carbons (Fsp3) is 0.115. The molecule has 1 aromatic heterocycles. The molecule has 0 bridgehead atoms. The minimum Gasteiger partial charge on any atom is -0.465 e. The van der Waals surface area contributed by atoms with E-state index in [1.54, 1.807) is 36.4 Å². The number of carbonyl (C=O) groups is 2. The van der Waals surface area contributed by atoms with Gasteiger partial charge < -0.3 is 10.1 Å². The van der Waals surface area contributed by atoms with Gasteiger partial charge in [-0.15, -0.1) is 0 Å². The molecular weight excluding hydrogens is 424 g/mol. The zero-order chi connectivity index (χ0) is 22.8. The van der Waals surface area contributed by atoms with E-state index >= 15 is 0 Å². The number of benzene rings is 3. The number of esters is 1. The van der Waals surface area contributed by atoms with Gasteiger partial charge in [-0.05, 0) is 61.9 Å². The van der Waals surface area contributed by atoms with Crippen LogP contribution < -0.4 is 5.32 Å². The van der Waals surface area contributed by atoms with Gasteiger partial charge in [-0.3, -0.25) is 4.79 Å². The Labute approximate surface area is 191 Å². The molecule has 0 aliphatic rings. The molecule has 32 heavy (non-hydrogen) atoms. The third-order valence-corrected chi connectivity index (χ3v) is 5.54. The van der Waals surface area contributed by atoms with Crippen molar-refractivity contribution in [2.24, 2.45) is 0 Å². The number of amides is 1. The molecular formula is C26H21ClN2O3. The fourth-order valence-electron chi connectivity index (χ4n) is 3.68. The van der Waals surface area contributed by atoms with Gasteiger partial charge in [0.1, 0.15) is 0 Å². The van der Waals surface area contributed by atoms with Crippen molar-refractivity contribution in [1.29, 1.82) is 0 Å². The van der Waals surface area contributed by atoms with Gasteiger partial charge in [0.05, 0.1) is 29.4 Å². The average Bonchev–Trinajstić information content (AvgIpc) is 2.79. The first kappa shape index (κ1) is 21.5. The Hall–Kier alpha value is -3.70. The maximum atomic E-state index is 13.3. The van der Waals surface area contributed by atoms with Crippen molar-refractivity contribution in [1.82, 2.24) is 4.98 Å². The Morgan fingerprint density at radius 1 is 0.969 bits per heavy atom. The molecule has 0 saturated carbocycles. The maximum absolute atomic E-state index is 13.3. The normalized spacial score (nSPS) is 10.8. The van der Waals surface area contributed by atoms with Crippen LogP contribution in [0.2, 0.25) is 5.02 Å². The number of aromatic nitrogens is 1. The van der Waals surface area contributed by atoms with Crippen molar-refractivity contribution in [3.8, 4) is 11.3 Å². The summed E-state index contributed by atoms with van der Waals surface area (Å²) in [5.41, 5.74) is 5.62. The molecule has 0 fully saturated rings. The Balaban J connectivity index is 1.80. The highest BCUT2D eigenvalue weighted by molar-refractivity contribution is 6.33. The highest BCUT2D eigenvalue weighted by Gasteiger charge is 2.17. The molecule has 0 spiro atoms. The Morgan fingerprint density at radius 2 is 1.69 bits per heavy atom. The largest absolute Gasteiger partial charge is 0.465 e. The van der Waals surface area contributed by atoms with Crippen LogP contribution in [0.5, 0.6) is 0 Å². The van der Waals surface area contributed by atoms with E-state index in [1.807, 2.05) is 44.2 Å². The first-order valence-electron chi connectivity index (χ1n) is 10.0. The number of nitrogens with zero attached hydrogens (tertiary/aromatic N) is 1. The number of halogens is 1. The number of ether oxygens (including phenoxy) is 1. The highest BCUT2D eigenvalue weighted by atomic mass is 35.5. The monoisotopic (exact) mass is 444 g/mol. The molecule has 6 heteroatoms. The minimum atomic E-state index is -0.432. The van der Waals surface area contributed by atoms with E-state index in [0.29, 0.717) is 27.5 Å². The smallest absolute Gasteiger partial charge is 0.337 e. The summed E-state index contributed by atoms with van der Waals surface area (Å²) in [6.45, 7) is 3.97. The van der Waals surface area contributed by atoms with E-state index < -0.39 is 5.97 Å². The first-order valence-corrected chi connectivity index (χ1v) is 10.4. The summed E-state index contributed by atoms with van der Waals surface area (Å²) in [6, 6.07) is 19.7. The van der Waals surface area contributed by atoms with E-state index in [-0.39, 0.29) is 5.91 Å². The highest BCUT2D eigenvalue weighted by Crippen LogP contribution is 2.31. The summed E-state index contributed by atoms with van der Waals surface area (Å²) < 4.78 is 4.72. The molecule has 3 aromatic carbocycles. The molecule has 0 aliphatic heterocycles. The van der Waals surface area contributed by atoms with Crippen molar-refractivity contribution in [2.75, 3.05) is 12.4 Å². The zero-order valence-corrected chi connectivity index (χ0v) is 18.7. The van der Waals surface area contributed by atoms with E-state index in [9.17, 15) is 9.59 Å². The number of carbonyl (C=O) groups excluding carboxylic acids is 2. The Kier molecular flexibility index (Phi) is 5.93. The second kappa shape index (κ2) is 8.81. The van der Waals surface area contributed by atoms with Crippen molar-refractivity contribution in [3.05, 3.63) is 94.0 Å². The van der Waals surface area contributed by atoms with Gasteiger partial charge in [-0.1, -0.05) is 41.4 Å². The number of hydrogen-bond donors (Lipinski definition) is 1. The summed E-state index contributed by atoms with van der Waals surface area (Å²) in [5, 5.41) is 4.24. The number of fused-ring (bicyclic) bond motifs is 1. The van der Waals surface area contributed by atoms with E-state index in [4.69, 9.17) is 21.3 Å². The number of anilines is 1. The first-order chi connectivity index (χ1) is 15.4. The lowest BCUT2D eigenvalue weighted by Crippen LogP contribution is -2.13. The molecule has 0 aliphatic carbocycles. The van der Waals surface area contributed by atoms with Gasteiger partial charge >= 0.3 is 5.97 Å². The van der Waals surface area contributed by atoms with Crippen LogP contribution in [-0.2, 0) is 4.74 Å². The van der Waals surface area contributed by atoms with Crippen molar-refractivity contribution < 1.29 is 14.3 Å². The van der Waals surface area contributed by atoms with Crippen LogP contribution in [0.15, 0.2) is 66.7 Å². The quantitative estimate of drug-likeness (QED) is 0.380. The second-order valence-corrected chi connectivity index (χ2v) is 7.94. The van der Waals surface area contributed by atoms with Gasteiger partial charge in [-0.25, -0.2) is 9.78 Å². The van der Waals surface area contributed by atoms with Gasteiger partial charge in [0.15, 0.2) is 0 Å².